The normalized spacial score (nSPS) is 17.8. The summed E-state index contributed by atoms with van der Waals surface area (Å²) in [5.74, 6) is -0.584. The van der Waals surface area contributed by atoms with Crippen LogP contribution in [0.2, 0.25) is 0 Å². The molecule has 6 heteroatoms. The van der Waals surface area contributed by atoms with E-state index in [4.69, 9.17) is 14.2 Å². The Kier molecular flexibility index (Phi) is 6.56. The molecule has 6 nitrogen and oxygen atoms in total. The molecule has 0 spiro atoms. The third-order valence-electron chi connectivity index (χ3n) is 3.93. The third-order valence-corrected chi connectivity index (χ3v) is 3.93. The van der Waals surface area contributed by atoms with Crippen LogP contribution >= 0.6 is 0 Å². The molecule has 25 heavy (non-hydrogen) atoms. The van der Waals surface area contributed by atoms with Gasteiger partial charge < -0.3 is 19.5 Å². The molecule has 1 atom stereocenters. The van der Waals surface area contributed by atoms with Crippen molar-refractivity contribution in [3.05, 3.63) is 29.3 Å². The number of benzene rings is 1. The zero-order chi connectivity index (χ0) is 18.4. The predicted molar refractivity (Wildman–Crippen MR) is 94.2 cm³/mol. The van der Waals surface area contributed by atoms with Crippen LogP contribution in [0.1, 0.15) is 56.0 Å². The zero-order valence-electron chi connectivity index (χ0n) is 15.4. The Balaban J connectivity index is 2.15. The highest BCUT2D eigenvalue weighted by atomic mass is 16.7. The van der Waals surface area contributed by atoms with Crippen molar-refractivity contribution in [2.75, 3.05) is 19.0 Å². The maximum Gasteiger partial charge on any atom is 0.337 e. The topological polar surface area (TPSA) is 73.9 Å². The van der Waals surface area contributed by atoms with Crippen molar-refractivity contribution in [2.45, 2.75) is 52.9 Å². The Labute approximate surface area is 148 Å². The minimum atomic E-state index is -0.534. The second-order valence-electron chi connectivity index (χ2n) is 7.22. The third kappa shape index (κ3) is 5.83. The molecule has 1 aromatic rings. The maximum absolute atomic E-state index is 12.2. The molecule has 1 aliphatic rings. The zero-order valence-corrected chi connectivity index (χ0v) is 15.4. The first kappa shape index (κ1) is 19.4. The molecule has 2 rings (SSSR count). The van der Waals surface area contributed by atoms with Crippen molar-refractivity contribution < 1.29 is 23.8 Å². The van der Waals surface area contributed by atoms with Gasteiger partial charge in [-0.2, -0.15) is 0 Å². The molecular formula is C19H27NO5. The molecule has 1 saturated heterocycles. The summed E-state index contributed by atoms with van der Waals surface area (Å²) in [4.78, 5) is 24.1. The van der Waals surface area contributed by atoms with E-state index in [-0.39, 0.29) is 12.2 Å². The first-order valence-corrected chi connectivity index (χ1v) is 8.56. The van der Waals surface area contributed by atoms with Gasteiger partial charge in [-0.25, -0.2) is 4.79 Å². The summed E-state index contributed by atoms with van der Waals surface area (Å²) < 4.78 is 16.1. The minimum Gasteiger partial charge on any atom is -0.465 e. The lowest BCUT2D eigenvalue weighted by Gasteiger charge is -2.23. The van der Waals surface area contributed by atoms with Gasteiger partial charge in [-0.3, -0.25) is 4.79 Å². The van der Waals surface area contributed by atoms with E-state index in [0.29, 0.717) is 24.5 Å². The lowest BCUT2D eigenvalue weighted by molar-refractivity contribution is -0.168. The van der Waals surface area contributed by atoms with Gasteiger partial charge in [0.2, 0.25) is 5.91 Å². The van der Waals surface area contributed by atoms with Crippen molar-refractivity contribution in [2.24, 2.45) is 5.41 Å². The molecule has 1 amide bonds. The number of carbonyl (C=O) groups is 2. The van der Waals surface area contributed by atoms with Gasteiger partial charge in [0.1, 0.15) is 0 Å². The summed E-state index contributed by atoms with van der Waals surface area (Å²) >= 11 is 0. The average molecular weight is 349 g/mol. The van der Waals surface area contributed by atoms with Crippen LogP contribution in [0.3, 0.4) is 0 Å². The van der Waals surface area contributed by atoms with Crippen LogP contribution in [0, 0.1) is 5.41 Å². The van der Waals surface area contributed by atoms with Crippen molar-refractivity contribution in [1.82, 2.24) is 0 Å². The van der Waals surface area contributed by atoms with Crippen LogP contribution in [0.15, 0.2) is 18.2 Å². The summed E-state index contributed by atoms with van der Waals surface area (Å²) in [5, 5.41) is 2.85. The summed E-state index contributed by atoms with van der Waals surface area (Å²) in [7, 11) is 1.33. The summed E-state index contributed by atoms with van der Waals surface area (Å²) in [6, 6.07) is 5.12. The predicted octanol–water partition coefficient (Wildman–Crippen LogP) is 3.50. The van der Waals surface area contributed by atoms with E-state index in [1.165, 1.54) is 7.11 Å². The summed E-state index contributed by atoms with van der Waals surface area (Å²) in [6.07, 6.45) is 2.79. The van der Waals surface area contributed by atoms with E-state index in [2.05, 4.69) is 5.32 Å². The molecule has 0 radical (unpaired) electrons. The van der Waals surface area contributed by atoms with Gasteiger partial charge in [-0.1, -0.05) is 20.8 Å². The Morgan fingerprint density at radius 2 is 2.00 bits per heavy atom. The highest BCUT2D eigenvalue weighted by molar-refractivity contribution is 5.97. The molecule has 0 aromatic heterocycles. The number of ether oxygens (including phenoxy) is 3. The smallest absolute Gasteiger partial charge is 0.337 e. The standard InChI is InChI=1S/C19H27NO5/c1-19(2,3)18(22)20-15-10-13(9-14(11-15)17(21)23-4)12-25-16-7-5-6-8-24-16/h9-11,16H,5-8,12H2,1-4H3,(H,20,22). The van der Waals surface area contributed by atoms with E-state index >= 15 is 0 Å². The molecule has 0 bridgehead atoms. The Morgan fingerprint density at radius 3 is 2.60 bits per heavy atom. The molecule has 0 saturated carbocycles. The van der Waals surface area contributed by atoms with Crippen LogP contribution < -0.4 is 5.32 Å². The molecule has 1 aliphatic heterocycles. The van der Waals surface area contributed by atoms with Crippen molar-refractivity contribution in [3.63, 3.8) is 0 Å². The fourth-order valence-corrected chi connectivity index (χ4v) is 2.43. The van der Waals surface area contributed by atoms with Crippen LogP contribution in [0.5, 0.6) is 0 Å². The summed E-state index contributed by atoms with van der Waals surface area (Å²) in [5.41, 5.74) is 1.16. The molecule has 1 N–H and O–H groups in total. The van der Waals surface area contributed by atoms with Crippen LogP contribution in [-0.4, -0.2) is 31.9 Å². The number of anilines is 1. The molecule has 0 aliphatic carbocycles. The molecule has 1 unspecified atom stereocenters. The SMILES string of the molecule is COC(=O)c1cc(COC2CCCCO2)cc(NC(=O)C(C)(C)C)c1. The van der Waals surface area contributed by atoms with Gasteiger partial charge in [-0.15, -0.1) is 0 Å². The number of nitrogens with one attached hydrogen (secondary N) is 1. The van der Waals surface area contributed by atoms with Crippen LogP contribution in [-0.2, 0) is 25.6 Å². The monoisotopic (exact) mass is 349 g/mol. The quantitative estimate of drug-likeness (QED) is 0.824. The number of methoxy groups -OCH3 is 1. The van der Waals surface area contributed by atoms with E-state index in [9.17, 15) is 9.59 Å². The van der Waals surface area contributed by atoms with Crippen molar-refractivity contribution in [1.29, 1.82) is 0 Å². The fourth-order valence-electron chi connectivity index (χ4n) is 2.43. The number of hydrogen-bond donors (Lipinski definition) is 1. The van der Waals surface area contributed by atoms with Crippen LogP contribution in [0.25, 0.3) is 0 Å². The lowest BCUT2D eigenvalue weighted by atomic mass is 9.95. The van der Waals surface area contributed by atoms with Gasteiger partial charge >= 0.3 is 5.97 Å². The van der Waals surface area contributed by atoms with Crippen LogP contribution in [0.4, 0.5) is 5.69 Å². The van der Waals surface area contributed by atoms with Crippen molar-refractivity contribution in [3.8, 4) is 0 Å². The molecule has 1 heterocycles. The molecular weight excluding hydrogens is 322 g/mol. The maximum atomic E-state index is 12.2. The molecule has 1 aromatic carbocycles. The van der Waals surface area contributed by atoms with E-state index < -0.39 is 11.4 Å². The Bertz CT molecular complexity index is 615. The number of amides is 1. The number of carbonyl (C=O) groups excluding carboxylic acids is 2. The van der Waals surface area contributed by atoms with Gasteiger partial charge in [0.15, 0.2) is 6.29 Å². The molecule has 138 valence electrons. The minimum absolute atomic E-state index is 0.128. The number of hydrogen-bond acceptors (Lipinski definition) is 5. The second kappa shape index (κ2) is 8.45. The molecule has 1 fully saturated rings. The fraction of sp³-hybridized carbons (Fsp3) is 0.579. The van der Waals surface area contributed by atoms with E-state index in [0.717, 1.165) is 24.8 Å². The Morgan fingerprint density at radius 1 is 1.24 bits per heavy atom. The second-order valence-corrected chi connectivity index (χ2v) is 7.22. The number of esters is 1. The first-order valence-electron chi connectivity index (χ1n) is 8.56. The van der Waals surface area contributed by atoms with E-state index in [1.807, 2.05) is 20.8 Å². The van der Waals surface area contributed by atoms with Crippen molar-refractivity contribution >= 4 is 17.6 Å². The van der Waals surface area contributed by atoms with Gasteiger partial charge in [0.05, 0.1) is 19.3 Å². The summed E-state index contributed by atoms with van der Waals surface area (Å²) in [6.45, 7) is 6.50. The number of rotatable bonds is 5. The highest BCUT2D eigenvalue weighted by Crippen LogP contribution is 2.22. The van der Waals surface area contributed by atoms with Gasteiger partial charge in [-0.05, 0) is 43.0 Å². The average Bonchev–Trinajstić information content (AvgIpc) is 2.59. The first-order chi connectivity index (χ1) is 11.8. The Hall–Kier alpha value is -1.92. The van der Waals surface area contributed by atoms with Gasteiger partial charge in [0, 0.05) is 17.7 Å². The lowest BCUT2D eigenvalue weighted by Crippen LogP contribution is -2.27. The van der Waals surface area contributed by atoms with E-state index in [1.54, 1.807) is 18.2 Å². The largest absolute Gasteiger partial charge is 0.465 e. The highest BCUT2D eigenvalue weighted by Gasteiger charge is 2.22. The van der Waals surface area contributed by atoms with Gasteiger partial charge in [0.25, 0.3) is 0 Å².